The number of hydrogen-bond donors (Lipinski definition) is 4. The topological polar surface area (TPSA) is 108 Å². The summed E-state index contributed by atoms with van der Waals surface area (Å²) in [6, 6.07) is 6.36. The average molecular weight is 390 g/mol. The van der Waals surface area contributed by atoms with Crippen LogP contribution in [0.4, 0.5) is 10.5 Å². The van der Waals surface area contributed by atoms with Gasteiger partial charge >= 0.3 is 6.09 Å². The van der Waals surface area contributed by atoms with E-state index in [1.165, 1.54) is 0 Å². The van der Waals surface area contributed by atoms with Crippen LogP contribution in [0, 0.1) is 11.8 Å². The van der Waals surface area contributed by atoms with E-state index in [4.69, 9.17) is 9.84 Å². The van der Waals surface area contributed by atoms with Gasteiger partial charge in [0.05, 0.1) is 5.60 Å². The minimum atomic E-state index is -1.18. The van der Waals surface area contributed by atoms with Crippen LogP contribution in [0.5, 0.6) is 0 Å². The first-order chi connectivity index (χ1) is 13.4. The summed E-state index contributed by atoms with van der Waals surface area (Å²) in [5.74, 6) is 0.294. The molecule has 1 heterocycles. The lowest BCUT2D eigenvalue weighted by Crippen LogP contribution is -2.48. The van der Waals surface area contributed by atoms with Gasteiger partial charge in [-0.1, -0.05) is 31.9 Å². The largest absolute Gasteiger partial charge is 0.465 e. The van der Waals surface area contributed by atoms with E-state index >= 15 is 0 Å². The molecule has 0 unspecified atom stereocenters. The van der Waals surface area contributed by atoms with Gasteiger partial charge < -0.3 is 25.6 Å². The summed E-state index contributed by atoms with van der Waals surface area (Å²) >= 11 is 0. The zero-order chi connectivity index (χ0) is 20.1. The number of carbonyl (C=O) groups excluding carboxylic acids is 1. The summed E-state index contributed by atoms with van der Waals surface area (Å²) in [4.78, 5) is 24.0. The van der Waals surface area contributed by atoms with E-state index in [1.54, 1.807) is 12.1 Å². The predicted molar refractivity (Wildman–Crippen MR) is 105 cm³/mol. The lowest BCUT2D eigenvalue weighted by Gasteiger charge is -2.33. The van der Waals surface area contributed by atoms with Gasteiger partial charge in [-0.05, 0) is 42.4 Å². The summed E-state index contributed by atoms with van der Waals surface area (Å²) in [5.41, 5.74) is 0.494. The second kappa shape index (κ2) is 8.92. The first-order valence-electron chi connectivity index (χ1n) is 10.1. The monoisotopic (exact) mass is 390 g/mol. The van der Waals surface area contributed by atoms with Crippen molar-refractivity contribution >= 4 is 17.7 Å². The van der Waals surface area contributed by atoms with Crippen molar-refractivity contribution in [1.29, 1.82) is 0 Å². The zero-order valence-corrected chi connectivity index (χ0v) is 16.3. The molecule has 1 atom stereocenters. The van der Waals surface area contributed by atoms with Crippen LogP contribution < -0.4 is 10.6 Å². The highest BCUT2D eigenvalue weighted by atomic mass is 16.5. The van der Waals surface area contributed by atoms with Crippen LogP contribution >= 0.6 is 0 Å². The Balaban J connectivity index is 1.66. The van der Waals surface area contributed by atoms with Crippen molar-refractivity contribution in [3.8, 4) is 0 Å². The molecule has 2 amide bonds. The second-order valence-corrected chi connectivity index (χ2v) is 8.16. The molecule has 7 heteroatoms. The SMILES string of the molecule is CC1CCC([C@H](NC(=O)O)C(=O)Nc2ccc(C3(O)CCOCC3)cc2)CC1. The van der Waals surface area contributed by atoms with Crippen LogP contribution in [0.25, 0.3) is 0 Å². The van der Waals surface area contributed by atoms with Gasteiger partial charge in [-0.2, -0.15) is 0 Å². The molecule has 7 nitrogen and oxygen atoms in total. The molecule has 1 saturated heterocycles. The number of ether oxygens (including phenoxy) is 1. The quantitative estimate of drug-likeness (QED) is 0.618. The fourth-order valence-corrected chi connectivity index (χ4v) is 4.23. The molecule has 1 aliphatic carbocycles. The first-order valence-corrected chi connectivity index (χ1v) is 10.1. The molecule has 1 aromatic carbocycles. The third-order valence-corrected chi connectivity index (χ3v) is 6.10. The molecule has 1 saturated carbocycles. The number of nitrogens with one attached hydrogen (secondary N) is 2. The maximum Gasteiger partial charge on any atom is 0.405 e. The number of carboxylic acid groups (broad SMARTS) is 1. The van der Waals surface area contributed by atoms with Crippen LogP contribution in [0.3, 0.4) is 0 Å². The van der Waals surface area contributed by atoms with Gasteiger partial charge in [0.15, 0.2) is 0 Å². The van der Waals surface area contributed by atoms with Crippen LogP contribution in [-0.4, -0.2) is 41.5 Å². The number of hydrogen-bond acceptors (Lipinski definition) is 4. The lowest BCUT2D eigenvalue weighted by atomic mass is 9.79. The number of benzene rings is 1. The molecular formula is C21H30N2O5. The number of aliphatic hydroxyl groups is 1. The minimum absolute atomic E-state index is 0.00882. The molecule has 4 N–H and O–H groups in total. The lowest BCUT2D eigenvalue weighted by molar-refractivity contribution is -0.119. The summed E-state index contributed by atoms with van der Waals surface area (Å²) in [6.45, 7) is 3.24. The molecule has 2 aliphatic rings. The predicted octanol–water partition coefficient (Wildman–Crippen LogP) is 3.09. The fraction of sp³-hybridized carbons (Fsp3) is 0.619. The Morgan fingerprint density at radius 2 is 1.71 bits per heavy atom. The van der Waals surface area contributed by atoms with Gasteiger partial charge in [-0.15, -0.1) is 0 Å². The molecule has 3 rings (SSSR count). The van der Waals surface area contributed by atoms with Gasteiger partial charge in [0.2, 0.25) is 5.91 Å². The maximum absolute atomic E-state index is 12.8. The van der Waals surface area contributed by atoms with Crippen LogP contribution in [0.1, 0.15) is 51.0 Å². The number of anilines is 1. The van der Waals surface area contributed by atoms with E-state index in [1.807, 2.05) is 12.1 Å². The van der Waals surface area contributed by atoms with E-state index < -0.39 is 17.7 Å². The normalized spacial score (nSPS) is 25.5. The number of carbonyl (C=O) groups is 2. The Kier molecular flexibility index (Phi) is 6.57. The second-order valence-electron chi connectivity index (χ2n) is 8.16. The van der Waals surface area contributed by atoms with Crippen LogP contribution in [0.15, 0.2) is 24.3 Å². The van der Waals surface area contributed by atoms with E-state index in [0.717, 1.165) is 31.2 Å². The molecule has 2 fully saturated rings. The summed E-state index contributed by atoms with van der Waals surface area (Å²) < 4.78 is 5.31. The van der Waals surface area contributed by atoms with Crippen molar-refractivity contribution in [3.05, 3.63) is 29.8 Å². The Bertz CT molecular complexity index is 677. The number of rotatable bonds is 5. The standard InChI is InChI=1S/C21H30N2O5/c1-14-2-4-15(5-3-14)18(23-20(25)26)19(24)22-17-8-6-16(7-9-17)21(27)10-12-28-13-11-21/h6-9,14-15,18,23,27H,2-5,10-13H2,1H3,(H,22,24)(H,25,26)/t14?,15?,18-/m0/s1. The van der Waals surface area contributed by atoms with Gasteiger partial charge in [-0.3, -0.25) is 4.79 Å². The highest BCUT2D eigenvalue weighted by Gasteiger charge is 2.33. The van der Waals surface area contributed by atoms with E-state index in [9.17, 15) is 14.7 Å². The Morgan fingerprint density at radius 1 is 1.11 bits per heavy atom. The maximum atomic E-state index is 12.8. The molecule has 154 valence electrons. The molecule has 0 aromatic heterocycles. The van der Waals surface area contributed by atoms with Crippen LogP contribution in [0.2, 0.25) is 0 Å². The average Bonchev–Trinajstić information content (AvgIpc) is 2.68. The third kappa shape index (κ3) is 5.02. The van der Waals surface area contributed by atoms with Crippen molar-refractivity contribution < 1.29 is 24.5 Å². The first kappa shape index (κ1) is 20.6. The Labute approximate surface area is 165 Å². The molecule has 0 bridgehead atoms. The van der Waals surface area contributed by atoms with Crippen molar-refractivity contribution in [2.75, 3.05) is 18.5 Å². The molecular weight excluding hydrogens is 360 g/mol. The fourth-order valence-electron chi connectivity index (χ4n) is 4.23. The summed E-state index contributed by atoms with van der Waals surface area (Å²) in [5, 5.41) is 25.1. The van der Waals surface area contributed by atoms with E-state index in [-0.39, 0.29) is 11.8 Å². The smallest absolute Gasteiger partial charge is 0.405 e. The van der Waals surface area contributed by atoms with Crippen molar-refractivity contribution in [3.63, 3.8) is 0 Å². The van der Waals surface area contributed by atoms with Gasteiger partial charge in [-0.25, -0.2) is 4.79 Å². The van der Waals surface area contributed by atoms with E-state index in [2.05, 4.69) is 17.6 Å². The van der Waals surface area contributed by atoms with Gasteiger partial charge in [0.1, 0.15) is 6.04 Å². The summed E-state index contributed by atoms with van der Waals surface area (Å²) in [6.07, 6.45) is 3.60. The number of amides is 2. The Morgan fingerprint density at radius 3 is 2.29 bits per heavy atom. The minimum Gasteiger partial charge on any atom is -0.465 e. The molecule has 0 spiro atoms. The molecule has 1 aliphatic heterocycles. The molecule has 0 radical (unpaired) electrons. The van der Waals surface area contributed by atoms with Crippen molar-refractivity contribution in [1.82, 2.24) is 5.32 Å². The molecule has 1 aromatic rings. The van der Waals surface area contributed by atoms with Gasteiger partial charge in [0, 0.05) is 31.7 Å². The summed E-state index contributed by atoms with van der Waals surface area (Å²) in [7, 11) is 0. The molecule has 28 heavy (non-hydrogen) atoms. The van der Waals surface area contributed by atoms with E-state index in [0.29, 0.717) is 37.7 Å². The van der Waals surface area contributed by atoms with Crippen molar-refractivity contribution in [2.24, 2.45) is 11.8 Å². The highest BCUT2D eigenvalue weighted by Crippen LogP contribution is 2.33. The van der Waals surface area contributed by atoms with Crippen LogP contribution in [-0.2, 0) is 15.1 Å². The Hall–Kier alpha value is -2.12. The van der Waals surface area contributed by atoms with Gasteiger partial charge in [0.25, 0.3) is 0 Å². The highest BCUT2D eigenvalue weighted by molar-refractivity contribution is 5.96. The zero-order valence-electron chi connectivity index (χ0n) is 16.3. The third-order valence-electron chi connectivity index (χ3n) is 6.10. The van der Waals surface area contributed by atoms with Crippen molar-refractivity contribution in [2.45, 2.75) is 57.1 Å².